The summed E-state index contributed by atoms with van der Waals surface area (Å²) in [7, 11) is 1.56. The average Bonchev–Trinajstić information content (AvgIpc) is 2.56. The van der Waals surface area contributed by atoms with Gasteiger partial charge in [0.1, 0.15) is 5.76 Å². The van der Waals surface area contributed by atoms with Gasteiger partial charge in [0.15, 0.2) is 5.69 Å². The van der Waals surface area contributed by atoms with Crippen LogP contribution in [0.3, 0.4) is 0 Å². The van der Waals surface area contributed by atoms with E-state index in [4.69, 9.17) is 9.63 Å². The summed E-state index contributed by atoms with van der Waals surface area (Å²) < 4.78 is 4.95. The Labute approximate surface area is 106 Å². The number of carboxylic acids is 1. The maximum atomic E-state index is 12.2. The van der Waals surface area contributed by atoms with E-state index >= 15 is 0 Å². The highest BCUT2D eigenvalue weighted by atomic mass is 16.5. The Morgan fingerprint density at radius 3 is 2.33 bits per heavy atom. The molecule has 1 N–H and O–H groups in total. The monoisotopic (exact) mass is 254 g/mol. The second-order valence-electron chi connectivity index (χ2n) is 4.96. The number of nitrogens with zero attached hydrogens (tertiary/aromatic N) is 2. The van der Waals surface area contributed by atoms with E-state index in [0.29, 0.717) is 11.3 Å². The molecule has 1 aromatic heterocycles. The minimum Gasteiger partial charge on any atom is -0.481 e. The lowest BCUT2D eigenvalue weighted by atomic mass is 9.98. The van der Waals surface area contributed by atoms with Crippen molar-refractivity contribution in [2.45, 2.75) is 39.7 Å². The molecule has 0 aromatic carbocycles. The van der Waals surface area contributed by atoms with Crippen molar-refractivity contribution in [3.05, 3.63) is 17.0 Å². The van der Waals surface area contributed by atoms with Crippen LogP contribution in [0.15, 0.2) is 4.52 Å². The van der Waals surface area contributed by atoms with Gasteiger partial charge in [-0.2, -0.15) is 0 Å². The molecule has 18 heavy (non-hydrogen) atoms. The number of amides is 1. The van der Waals surface area contributed by atoms with Crippen LogP contribution in [-0.2, 0) is 4.79 Å². The Morgan fingerprint density at radius 2 is 1.94 bits per heavy atom. The van der Waals surface area contributed by atoms with Crippen molar-refractivity contribution >= 4 is 11.9 Å². The van der Waals surface area contributed by atoms with Gasteiger partial charge < -0.3 is 14.5 Å². The zero-order chi connectivity index (χ0) is 14.1. The van der Waals surface area contributed by atoms with Crippen LogP contribution in [0.1, 0.15) is 42.1 Å². The number of carboxylic acid groups (broad SMARTS) is 1. The van der Waals surface area contributed by atoms with Crippen LogP contribution in [0.5, 0.6) is 0 Å². The zero-order valence-corrected chi connectivity index (χ0v) is 11.3. The Kier molecular flexibility index (Phi) is 3.79. The third-order valence-electron chi connectivity index (χ3n) is 3.16. The fraction of sp³-hybridized carbons (Fsp3) is 0.583. The first-order chi connectivity index (χ1) is 8.16. The molecule has 1 aromatic rings. The lowest BCUT2D eigenvalue weighted by Gasteiger charge is -2.33. The van der Waals surface area contributed by atoms with Crippen molar-refractivity contribution in [3.8, 4) is 0 Å². The molecule has 0 aliphatic carbocycles. The Balaban J connectivity index is 2.97. The lowest BCUT2D eigenvalue weighted by Crippen LogP contribution is -2.46. The number of aliphatic carboxylic acids is 1. The van der Waals surface area contributed by atoms with Gasteiger partial charge in [0.25, 0.3) is 5.91 Å². The largest absolute Gasteiger partial charge is 0.481 e. The van der Waals surface area contributed by atoms with Gasteiger partial charge in [-0.1, -0.05) is 5.16 Å². The van der Waals surface area contributed by atoms with E-state index in [0.717, 1.165) is 0 Å². The van der Waals surface area contributed by atoms with Crippen molar-refractivity contribution in [2.24, 2.45) is 0 Å². The summed E-state index contributed by atoms with van der Waals surface area (Å²) in [5.41, 5.74) is 0.119. The van der Waals surface area contributed by atoms with Crippen LogP contribution in [0.2, 0.25) is 0 Å². The third-order valence-corrected chi connectivity index (χ3v) is 3.16. The number of hydrogen-bond acceptors (Lipinski definition) is 4. The molecule has 1 amide bonds. The first-order valence-corrected chi connectivity index (χ1v) is 5.59. The van der Waals surface area contributed by atoms with E-state index in [1.54, 1.807) is 34.7 Å². The lowest BCUT2D eigenvalue weighted by molar-refractivity contribution is -0.139. The second-order valence-corrected chi connectivity index (χ2v) is 4.96. The number of carbonyl (C=O) groups excluding carboxylic acids is 1. The molecule has 0 radical (unpaired) electrons. The van der Waals surface area contributed by atoms with Crippen LogP contribution in [-0.4, -0.2) is 39.6 Å². The quantitative estimate of drug-likeness (QED) is 0.882. The van der Waals surface area contributed by atoms with E-state index in [2.05, 4.69) is 5.16 Å². The zero-order valence-electron chi connectivity index (χ0n) is 11.3. The summed E-state index contributed by atoms with van der Waals surface area (Å²) >= 11 is 0. The fourth-order valence-electron chi connectivity index (χ4n) is 1.54. The number of aromatic nitrogens is 1. The van der Waals surface area contributed by atoms with Gasteiger partial charge in [-0.05, 0) is 27.7 Å². The summed E-state index contributed by atoms with van der Waals surface area (Å²) in [6.07, 6.45) is -0.134. The first kappa shape index (κ1) is 14.2. The Morgan fingerprint density at radius 1 is 1.39 bits per heavy atom. The van der Waals surface area contributed by atoms with E-state index < -0.39 is 11.5 Å². The minimum absolute atomic E-state index is 0.134. The smallest absolute Gasteiger partial charge is 0.305 e. The van der Waals surface area contributed by atoms with Crippen LogP contribution in [0.4, 0.5) is 0 Å². The molecule has 1 rings (SSSR count). The number of hydrogen-bond donors (Lipinski definition) is 1. The summed E-state index contributed by atoms with van der Waals surface area (Å²) in [4.78, 5) is 24.4. The molecule has 0 saturated carbocycles. The molecule has 0 saturated heterocycles. The first-order valence-electron chi connectivity index (χ1n) is 5.59. The summed E-state index contributed by atoms with van der Waals surface area (Å²) in [5.74, 6) is -0.703. The highest BCUT2D eigenvalue weighted by Crippen LogP contribution is 2.21. The van der Waals surface area contributed by atoms with Crippen molar-refractivity contribution in [1.82, 2.24) is 10.1 Å². The summed E-state index contributed by atoms with van der Waals surface area (Å²) in [6, 6.07) is 0. The van der Waals surface area contributed by atoms with E-state index in [-0.39, 0.29) is 18.0 Å². The Hall–Kier alpha value is -1.85. The molecular formula is C12H18N2O4. The third kappa shape index (κ3) is 2.69. The molecule has 0 spiro atoms. The van der Waals surface area contributed by atoms with E-state index in [1.165, 1.54) is 4.90 Å². The van der Waals surface area contributed by atoms with Crippen molar-refractivity contribution in [3.63, 3.8) is 0 Å². The van der Waals surface area contributed by atoms with Crippen LogP contribution >= 0.6 is 0 Å². The predicted molar refractivity (Wildman–Crippen MR) is 64.4 cm³/mol. The van der Waals surface area contributed by atoms with Gasteiger partial charge in [0, 0.05) is 18.2 Å². The maximum absolute atomic E-state index is 12.2. The van der Waals surface area contributed by atoms with Crippen molar-refractivity contribution < 1.29 is 19.2 Å². The van der Waals surface area contributed by atoms with E-state index in [1.807, 2.05) is 0 Å². The van der Waals surface area contributed by atoms with Gasteiger partial charge >= 0.3 is 5.97 Å². The molecule has 0 fully saturated rings. The van der Waals surface area contributed by atoms with Gasteiger partial charge in [0.05, 0.1) is 6.42 Å². The number of aryl methyl sites for hydroxylation is 1. The highest BCUT2D eigenvalue weighted by molar-refractivity contribution is 5.94. The molecule has 0 aliphatic heterocycles. The van der Waals surface area contributed by atoms with Crippen molar-refractivity contribution in [2.75, 3.05) is 7.05 Å². The van der Waals surface area contributed by atoms with E-state index in [9.17, 15) is 9.59 Å². The number of carbonyl (C=O) groups is 2. The van der Waals surface area contributed by atoms with Gasteiger partial charge in [-0.3, -0.25) is 9.59 Å². The van der Waals surface area contributed by atoms with Gasteiger partial charge in [-0.15, -0.1) is 0 Å². The second kappa shape index (κ2) is 4.80. The molecule has 0 atom stereocenters. The maximum Gasteiger partial charge on any atom is 0.305 e. The fourth-order valence-corrected chi connectivity index (χ4v) is 1.54. The molecule has 6 heteroatoms. The van der Waals surface area contributed by atoms with Crippen LogP contribution < -0.4 is 0 Å². The normalized spacial score (nSPS) is 11.4. The predicted octanol–water partition coefficient (Wildman–Crippen LogP) is 1.62. The number of rotatable bonds is 4. The molecule has 6 nitrogen and oxygen atoms in total. The summed E-state index contributed by atoms with van der Waals surface area (Å²) in [6.45, 7) is 6.86. The molecule has 100 valence electrons. The Bertz CT molecular complexity index is 476. The van der Waals surface area contributed by atoms with Crippen LogP contribution in [0.25, 0.3) is 0 Å². The van der Waals surface area contributed by atoms with Gasteiger partial charge in [0.2, 0.25) is 0 Å². The van der Waals surface area contributed by atoms with Crippen LogP contribution in [0, 0.1) is 13.8 Å². The molecule has 0 bridgehead atoms. The molecule has 0 unspecified atom stereocenters. The minimum atomic E-state index is -0.951. The average molecular weight is 254 g/mol. The van der Waals surface area contributed by atoms with Crippen molar-refractivity contribution in [1.29, 1.82) is 0 Å². The van der Waals surface area contributed by atoms with Gasteiger partial charge in [-0.25, -0.2) is 0 Å². The molecule has 0 aliphatic rings. The molecule has 1 heterocycles. The standard InChI is InChI=1S/C12H18N2O4/c1-7-8(2)18-13-10(7)11(17)14(5)12(3,4)6-9(15)16/h6H2,1-5H3,(H,15,16). The SMILES string of the molecule is Cc1onc(C(=O)N(C)C(C)(C)CC(=O)O)c1C. The highest BCUT2D eigenvalue weighted by Gasteiger charge is 2.33. The molecular weight excluding hydrogens is 236 g/mol. The topological polar surface area (TPSA) is 83.6 Å². The summed E-state index contributed by atoms with van der Waals surface area (Å²) in [5, 5.41) is 12.6.